The normalized spacial score (nSPS) is 11.5. The number of aryl methyl sites for hydroxylation is 1. The van der Waals surface area contributed by atoms with Crippen LogP contribution in [0.25, 0.3) is 0 Å². The van der Waals surface area contributed by atoms with Crippen molar-refractivity contribution in [3.8, 4) is 5.75 Å². The van der Waals surface area contributed by atoms with Gasteiger partial charge in [0.2, 0.25) is 10.0 Å². The van der Waals surface area contributed by atoms with Crippen molar-refractivity contribution in [3.63, 3.8) is 0 Å². The van der Waals surface area contributed by atoms with Crippen molar-refractivity contribution in [2.75, 3.05) is 14.1 Å². The Morgan fingerprint density at radius 2 is 1.83 bits per heavy atom. The lowest BCUT2D eigenvalue weighted by molar-refractivity contribution is 0.0948. The predicted octanol–water partition coefficient (Wildman–Crippen LogP) is 1.88. The van der Waals surface area contributed by atoms with Crippen LogP contribution in [0, 0.1) is 6.92 Å². The molecule has 0 aliphatic heterocycles. The summed E-state index contributed by atoms with van der Waals surface area (Å²) in [5.74, 6) is -0.578. The summed E-state index contributed by atoms with van der Waals surface area (Å²) in [6.07, 6.45) is 0. The molecule has 0 saturated heterocycles. The van der Waals surface area contributed by atoms with Crippen LogP contribution in [0.4, 0.5) is 0 Å². The highest BCUT2D eigenvalue weighted by atomic mass is 32.2. The molecular weight excluding hydrogens is 328 g/mol. The molecule has 24 heavy (non-hydrogen) atoms. The quantitative estimate of drug-likeness (QED) is 0.864. The minimum absolute atomic E-state index is 0.0371. The fourth-order valence-corrected chi connectivity index (χ4v) is 3.32. The molecule has 2 aromatic rings. The Bertz CT molecular complexity index is 861. The highest BCUT2D eigenvalue weighted by Gasteiger charge is 2.21. The van der Waals surface area contributed by atoms with Gasteiger partial charge in [0.25, 0.3) is 5.91 Å². The van der Waals surface area contributed by atoms with Gasteiger partial charge in [-0.1, -0.05) is 24.3 Å². The van der Waals surface area contributed by atoms with Crippen LogP contribution in [0.15, 0.2) is 47.4 Å². The summed E-state index contributed by atoms with van der Waals surface area (Å²) in [7, 11) is -0.694. The number of amides is 1. The Morgan fingerprint density at radius 3 is 2.46 bits per heavy atom. The molecule has 1 amide bonds. The Kier molecular flexibility index (Phi) is 5.26. The number of hydrogen-bond acceptors (Lipinski definition) is 4. The van der Waals surface area contributed by atoms with Crippen molar-refractivity contribution in [2.24, 2.45) is 0 Å². The van der Waals surface area contributed by atoms with E-state index in [-0.39, 0.29) is 22.8 Å². The third-order valence-corrected chi connectivity index (χ3v) is 5.48. The zero-order valence-electron chi connectivity index (χ0n) is 13.8. The third-order valence-electron chi connectivity index (χ3n) is 3.57. The zero-order chi connectivity index (χ0) is 17.9. The van der Waals surface area contributed by atoms with Gasteiger partial charge in [0, 0.05) is 20.6 Å². The van der Waals surface area contributed by atoms with Crippen molar-refractivity contribution in [1.82, 2.24) is 9.62 Å². The fourth-order valence-electron chi connectivity index (χ4n) is 2.20. The summed E-state index contributed by atoms with van der Waals surface area (Å²) in [5.41, 5.74) is 1.46. The molecule has 0 aliphatic rings. The summed E-state index contributed by atoms with van der Waals surface area (Å²) >= 11 is 0. The highest BCUT2D eigenvalue weighted by molar-refractivity contribution is 7.89. The largest absolute Gasteiger partial charge is 0.507 e. The molecular formula is C17H20N2O4S. The maximum atomic E-state index is 12.3. The third kappa shape index (κ3) is 3.74. The summed E-state index contributed by atoms with van der Waals surface area (Å²) in [6.45, 7) is 1.85. The van der Waals surface area contributed by atoms with E-state index in [1.165, 1.54) is 32.3 Å². The maximum Gasteiger partial charge on any atom is 0.255 e. The van der Waals surface area contributed by atoms with Gasteiger partial charge in [-0.3, -0.25) is 4.79 Å². The van der Waals surface area contributed by atoms with Crippen LogP contribution < -0.4 is 5.32 Å². The van der Waals surface area contributed by atoms with E-state index in [2.05, 4.69) is 5.32 Å². The van der Waals surface area contributed by atoms with Gasteiger partial charge in [0.05, 0.1) is 10.5 Å². The van der Waals surface area contributed by atoms with Gasteiger partial charge in [-0.25, -0.2) is 12.7 Å². The van der Waals surface area contributed by atoms with Crippen LogP contribution in [-0.4, -0.2) is 37.8 Å². The topological polar surface area (TPSA) is 86.7 Å². The van der Waals surface area contributed by atoms with Crippen LogP contribution >= 0.6 is 0 Å². The van der Waals surface area contributed by atoms with Crippen molar-refractivity contribution >= 4 is 15.9 Å². The summed E-state index contributed by atoms with van der Waals surface area (Å²) in [5, 5.41) is 12.5. The van der Waals surface area contributed by atoms with E-state index in [9.17, 15) is 18.3 Å². The Hall–Kier alpha value is -2.38. The first-order chi connectivity index (χ1) is 11.2. The summed E-state index contributed by atoms with van der Waals surface area (Å²) < 4.78 is 25.8. The van der Waals surface area contributed by atoms with Crippen molar-refractivity contribution in [1.29, 1.82) is 0 Å². The van der Waals surface area contributed by atoms with Gasteiger partial charge >= 0.3 is 0 Å². The number of carbonyl (C=O) groups is 1. The van der Waals surface area contributed by atoms with Crippen molar-refractivity contribution < 1.29 is 18.3 Å². The van der Waals surface area contributed by atoms with E-state index in [0.717, 1.165) is 9.87 Å². The van der Waals surface area contributed by atoms with Gasteiger partial charge in [0.1, 0.15) is 5.75 Å². The number of benzene rings is 2. The minimum atomic E-state index is -3.60. The van der Waals surface area contributed by atoms with E-state index < -0.39 is 15.9 Å². The summed E-state index contributed by atoms with van der Waals surface area (Å²) in [6, 6.07) is 11.2. The number of nitrogens with zero attached hydrogens (tertiary/aromatic N) is 1. The van der Waals surface area contributed by atoms with Crippen molar-refractivity contribution in [3.05, 3.63) is 59.2 Å². The number of phenolic OH excluding ortho intramolecular Hbond substituents is 1. The Balaban J connectivity index is 2.23. The molecule has 7 heteroatoms. The highest BCUT2D eigenvalue weighted by Crippen LogP contribution is 2.20. The molecule has 0 spiro atoms. The second-order valence-electron chi connectivity index (χ2n) is 5.60. The number of phenols is 1. The van der Waals surface area contributed by atoms with Gasteiger partial charge in [-0.15, -0.1) is 0 Å². The molecule has 128 valence electrons. The van der Waals surface area contributed by atoms with Crippen LogP contribution in [0.5, 0.6) is 5.75 Å². The number of hydrogen-bond donors (Lipinski definition) is 2. The Morgan fingerprint density at radius 1 is 1.17 bits per heavy atom. The van der Waals surface area contributed by atoms with Gasteiger partial charge in [-0.2, -0.15) is 0 Å². The molecule has 0 radical (unpaired) electrons. The SMILES string of the molecule is Cc1ccc(C(=O)NCc2ccccc2S(=O)(=O)N(C)C)c(O)c1. The van der Waals surface area contributed by atoms with Crippen molar-refractivity contribution in [2.45, 2.75) is 18.4 Å². The first-order valence-electron chi connectivity index (χ1n) is 7.31. The van der Waals surface area contributed by atoms with Gasteiger partial charge < -0.3 is 10.4 Å². The lowest BCUT2D eigenvalue weighted by Crippen LogP contribution is -2.27. The molecule has 0 saturated carbocycles. The summed E-state index contributed by atoms with van der Waals surface area (Å²) in [4.78, 5) is 12.4. The molecule has 2 aromatic carbocycles. The molecule has 0 aliphatic carbocycles. The predicted molar refractivity (Wildman–Crippen MR) is 91.3 cm³/mol. The number of sulfonamides is 1. The molecule has 0 atom stereocenters. The van der Waals surface area contributed by atoms with Crippen LogP contribution in [0.3, 0.4) is 0 Å². The number of rotatable bonds is 5. The second kappa shape index (κ2) is 7.02. The van der Waals surface area contributed by atoms with Crippen LogP contribution in [-0.2, 0) is 16.6 Å². The smallest absolute Gasteiger partial charge is 0.255 e. The maximum absolute atomic E-state index is 12.3. The molecule has 0 bridgehead atoms. The average Bonchev–Trinajstić information content (AvgIpc) is 2.52. The molecule has 2 rings (SSSR count). The Labute approximate surface area is 141 Å². The van der Waals surface area contributed by atoms with E-state index in [0.29, 0.717) is 5.56 Å². The lowest BCUT2D eigenvalue weighted by atomic mass is 10.1. The molecule has 0 unspecified atom stereocenters. The number of nitrogens with one attached hydrogen (secondary N) is 1. The van der Waals surface area contributed by atoms with Crippen LogP contribution in [0.1, 0.15) is 21.5 Å². The molecule has 2 N–H and O–H groups in total. The number of aromatic hydroxyl groups is 1. The monoisotopic (exact) mass is 348 g/mol. The van der Waals surface area contributed by atoms with Gasteiger partial charge in [0.15, 0.2) is 0 Å². The molecule has 0 heterocycles. The second-order valence-corrected chi connectivity index (χ2v) is 7.72. The standard InChI is InChI=1S/C17H20N2O4S/c1-12-8-9-14(15(20)10-12)17(21)18-11-13-6-4-5-7-16(13)24(22,23)19(2)3/h4-10,20H,11H2,1-3H3,(H,18,21). The first-order valence-corrected chi connectivity index (χ1v) is 8.75. The molecule has 6 nitrogen and oxygen atoms in total. The fraction of sp³-hybridized carbons (Fsp3) is 0.235. The van der Waals surface area contributed by atoms with E-state index >= 15 is 0 Å². The van der Waals surface area contributed by atoms with Crippen LogP contribution in [0.2, 0.25) is 0 Å². The average molecular weight is 348 g/mol. The van der Waals surface area contributed by atoms with Gasteiger partial charge in [-0.05, 0) is 36.2 Å². The number of carbonyl (C=O) groups excluding carboxylic acids is 1. The molecule has 0 fully saturated rings. The molecule has 0 aromatic heterocycles. The van der Waals surface area contributed by atoms with E-state index in [4.69, 9.17) is 0 Å². The minimum Gasteiger partial charge on any atom is -0.507 e. The van der Waals surface area contributed by atoms with E-state index in [1.807, 2.05) is 6.92 Å². The van der Waals surface area contributed by atoms with E-state index in [1.54, 1.807) is 24.3 Å². The zero-order valence-corrected chi connectivity index (χ0v) is 14.6. The first kappa shape index (κ1) is 18.0. The lowest BCUT2D eigenvalue weighted by Gasteiger charge is -2.15.